The Morgan fingerprint density at radius 2 is 2.12 bits per heavy atom. The summed E-state index contributed by atoms with van der Waals surface area (Å²) in [5.41, 5.74) is 2.37. The van der Waals surface area contributed by atoms with Crippen LogP contribution in [0.1, 0.15) is 24.0 Å². The van der Waals surface area contributed by atoms with Crippen molar-refractivity contribution in [3.05, 3.63) is 34.3 Å². The van der Waals surface area contributed by atoms with Gasteiger partial charge in [-0.15, -0.1) is 0 Å². The SMILES string of the molecule is COCCCCNCc1ccc(C)c(Cl)c1. The fraction of sp³-hybridized carbons (Fsp3) is 0.538. The predicted octanol–water partition coefficient (Wildman–Crippen LogP) is 3.16. The lowest BCUT2D eigenvalue weighted by Crippen LogP contribution is -2.15. The molecule has 1 aromatic carbocycles. The molecule has 0 spiro atoms. The topological polar surface area (TPSA) is 21.3 Å². The van der Waals surface area contributed by atoms with E-state index in [1.807, 2.05) is 13.0 Å². The molecule has 0 unspecified atom stereocenters. The Morgan fingerprint density at radius 1 is 1.31 bits per heavy atom. The molecule has 1 aromatic rings. The molecule has 0 saturated heterocycles. The Kier molecular flexibility index (Phi) is 6.46. The number of rotatable bonds is 7. The van der Waals surface area contributed by atoms with E-state index in [2.05, 4.69) is 17.4 Å². The number of hydrogen-bond donors (Lipinski definition) is 1. The van der Waals surface area contributed by atoms with Crippen LogP contribution in [0.3, 0.4) is 0 Å². The summed E-state index contributed by atoms with van der Waals surface area (Å²) in [6.07, 6.45) is 2.26. The largest absolute Gasteiger partial charge is 0.385 e. The van der Waals surface area contributed by atoms with Gasteiger partial charge in [0, 0.05) is 25.3 Å². The zero-order valence-corrected chi connectivity index (χ0v) is 10.8. The third kappa shape index (κ3) is 4.97. The highest BCUT2D eigenvalue weighted by molar-refractivity contribution is 6.31. The fourth-order valence-electron chi connectivity index (χ4n) is 1.48. The van der Waals surface area contributed by atoms with Crippen molar-refractivity contribution in [1.29, 1.82) is 0 Å². The van der Waals surface area contributed by atoms with Gasteiger partial charge in [0.25, 0.3) is 0 Å². The van der Waals surface area contributed by atoms with Crippen molar-refractivity contribution in [3.8, 4) is 0 Å². The number of methoxy groups -OCH3 is 1. The van der Waals surface area contributed by atoms with Crippen molar-refractivity contribution in [2.75, 3.05) is 20.3 Å². The van der Waals surface area contributed by atoms with Crippen molar-refractivity contribution < 1.29 is 4.74 Å². The van der Waals surface area contributed by atoms with Crippen LogP contribution in [-0.2, 0) is 11.3 Å². The van der Waals surface area contributed by atoms with E-state index >= 15 is 0 Å². The minimum Gasteiger partial charge on any atom is -0.385 e. The first-order chi connectivity index (χ1) is 7.74. The third-order valence-corrected chi connectivity index (χ3v) is 2.92. The van der Waals surface area contributed by atoms with Gasteiger partial charge in [0.2, 0.25) is 0 Å². The number of halogens is 1. The van der Waals surface area contributed by atoms with Crippen LogP contribution in [0.5, 0.6) is 0 Å². The Hall–Kier alpha value is -0.570. The Labute approximate surface area is 103 Å². The van der Waals surface area contributed by atoms with Gasteiger partial charge in [-0.1, -0.05) is 23.7 Å². The quantitative estimate of drug-likeness (QED) is 0.741. The van der Waals surface area contributed by atoms with Crippen LogP contribution in [0, 0.1) is 6.92 Å². The molecule has 1 N–H and O–H groups in total. The lowest BCUT2D eigenvalue weighted by atomic mass is 10.1. The lowest BCUT2D eigenvalue weighted by Gasteiger charge is -2.06. The van der Waals surface area contributed by atoms with Crippen LogP contribution in [0.4, 0.5) is 0 Å². The second-order valence-corrected chi connectivity index (χ2v) is 4.37. The number of benzene rings is 1. The van der Waals surface area contributed by atoms with Gasteiger partial charge in [0.05, 0.1) is 0 Å². The number of unbranched alkanes of at least 4 members (excludes halogenated alkanes) is 1. The smallest absolute Gasteiger partial charge is 0.0462 e. The zero-order chi connectivity index (χ0) is 11.8. The molecule has 0 aliphatic rings. The van der Waals surface area contributed by atoms with Crippen molar-refractivity contribution >= 4 is 11.6 Å². The highest BCUT2D eigenvalue weighted by Crippen LogP contribution is 2.16. The maximum Gasteiger partial charge on any atom is 0.0462 e. The van der Waals surface area contributed by atoms with E-state index in [1.54, 1.807) is 7.11 Å². The van der Waals surface area contributed by atoms with E-state index < -0.39 is 0 Å². The maximum absolute atomic E-state index is 6.05. The molecule has 0 saturated carbocycles. The minimum absolute atomic E-state index is 0.845. The van der Waals surface area contributed by atoms with Crippen molar-refractivity contribution in [2.45, 2.75) is 26.3 Å². The average Bonchev–Trinajstić information content (AvgIpc) is 2.28. The first-order valence-electron chi connectivity index (χ1n) is 5.68. The molecule has 2 nitrogen and oxygen atoms in total. The third-order valence-electron chi connectivity index (χ3n) is 2.52. The second-order valence-electron chi connectivity index (χ2n) is 3.96. The van der Waals surface area contributed by atoms with Gasteiger partial charge < -0.3 is 10.1 Å². The van der Waals surface area contributed by atoms with Crippen molar-refractivity contribution in [2.24, 2.45) is 0 Å². The van der Waals surface area contributed by atoms with Gasteiger partial charge in [-0.05, 0) is 43.5 Å². The molecule has 0 aliphatic heterocycles. The maximum atomic E-state index is 6.05. The molecule has 1 rings (SSSR count). The molecule has 0 fully saturated rings. The molecule has 0 aliphatic carbocycles. The van der Waals surface area contributed by atoms with Gasteiger partial charge in [0.15, 0.2) is 0 Å². The van der Waals surface area contributed by atoms with E-state index in [0.717, 1.165) is 43.1 Å². The lowest BCUT2D eigenvalue weighted by molar-refractivity contribution is 0.192. The summed E-state index contributed by atoms with van der Waals surface area (Å²) < 4.78 is 4.99. The van der Waals surface area contributed by atoms with E-state index in [0.29, 0.717) is 0 Å². The van der Waals surface area contributed by atoms with Gasteiger partial charge in [0.1, 0.15) is 0 Å². The summed E-state index contributed by atoms with van der Waals surface area (Å²) in [4.78, 5) is 0. The second kappa shape index (κ2) is 7.66. The first-order valence-corrected chi connectivity index (χ1v) is 6.06. The molecule has 0 amide bonds. The van der Waals surface area contributed by atoms with Crippen LogP contribution in [0.15, 0.2) is 18.2 Å². The van der Waals surface area contributed by atoms with Gasteiger partial charge in [-0.25, -0.2) is 0 Å². The highest BCUT2D eigenvalue weighted by Gasteiger charge is 1.97. The summed E-state index contributed by atoms with van der Waals surface area (Å²) in [6.45, 7) is 4.77. The minimum atomic E-state index is 0.845. The van der Waals surface area contributed by atoms with Crippen LogP contribution in [0.2, 0.25) is 5.02 Å². The average molecular weight is 242 g/mol. The fourth-order valence-corrected chi connectivity index (χ4v) is 1.68. The van der Waals surface area contributed by atoms with Crippen molar-refractivity contribution in [3.63, 3.8) is 0 Å². The molecule has 3 heteroatoms. The Bertz CT molecular complexity index is 315. The Balaban J connectivity index is 2.19. The standard InChI is InChI=1S/C13H20ClNO/c1-11-5-6-12(9-13(11)14)10-15-7-3-4-8-16-2/h5-6,9,15H,3-4,7-8,10H2,1-2H3. The molecule has 0 aromatic heterocycles. The monoisotopic (exact) mass is 241 g/mol. The van der Waals surface area contributed by atoms with E-state index in [4.69, 9.17) is 16.3 Å². The summed E-state index contributed by atoms with van der Waals surface area (Å²) in [5, 5.41) is 4.24. The number of ether oxygens (including phenoxy) is 1. The van der Waals surface area contributed by atoms with E-state index in [-0.39, 0.29) is 0 Å². The first kappa shape index (κ1) is 13.5. The van der Waals surface area contributed by atoms with E-state index in [9.17, 15) is 0 Å². The molecular formula is C13H20ClNO. The molecule has 0 heterocycles. The van der Waals surface area contributed by atoms with Crippen LogP contribution < -0.4 is 5.32 Å². The highest BCUT2D eigenvalue weighted by atomic mass is 35.5. The summed E-state index contributed by atoms with van der Waals surface area (Å²) in [7, 11) is 1.74. The van der Waals surface area contributed by atoms with Gasteiger partial charge in [-0.3, -0.25) is 0 Å². The molecule has 16 heavy (non-hydrogen) atoms. The van der Waals surface area contributed by atoms with Gasteiger partial charge >= 0.3 is 0 Å². The number of nitrogens with one attached hydrogen (secondary N) is 1. The summed E-state index contributed by atoms with van der Waals surface area (Å²) in [5.74, 6) is 0. The van der Waals surface area contributed by atoms with Crippen LogP contribution >= 0.6 is 11.6 Å². The summed E-state index contributed by atoms with van der Waals surface area (Å²) in [6, 6.07) is 6.20. The van der Waals surface area contributed by atoms with E-state index in [1.165, 1.54) is 5.56 Å². The normalized spacial score (nSPS) is 10.7. The van der Waals surface area contributed by atoms with Gasteiger partial charge in [-0.2, -0.15) is 0 Å². The van der Waals surface area contributed by atoms with Crippen LogP contribution in [0.25, 0.3) is 0 Å². The molecular weight excluding hydrogens is 222 g/mol. The number of aryl methyl sites for hydroxylation is 1. The summed E-state index contributed by atoms with van der Waals surface area (Å²) >= 11 is 6.05. The molecule has 90 valence electrons. The van der Waals surface area contributed by atoms with Crippen LogP contribution in [-0.4, -0.2) is 20.3 Å². The molecule has 0 radical (unpaired) electrons. The molecule has 0 atom stereocenters. The predicted molar refractivity (Wildman–Crippen MR) is 69.0 cm³/mol. The number of hydrogen-bond acceptors (Lipinski definition) is 2. The van der Waals surface area contributed by atoms with Crippen molar-refractivity contribution in [1.82, 2.24) is 5.32 Å². The zero-order valence-electron chi connectivity index (χ0n) is 10.1. The molecule has 0 bridgehead atoms. The Morgan fingerprint density at radius 3 is 2.81 bits per heavy atom.